The predicted molar refractivity (Wildman–Crippen MR) is 116 cm³/mol. The number of ether oxygens (including phenoxy) is 1. The van der Waals surface area contributed by atoms with Gasteiger partial charge in [-0.05, 0) is 57.7 Å². The minimum absolute atomic E-state index is 0.234. The highest BCUT2D eigenvalue weighted by Gasteiger charge is 2.28. The van der Waals surface area contributed by atoms with Gasteiger partial charge in [0, 0.05) is 43.2 Å². The van der Waals surface area contributed by atoms with Crippen LogP contribution in [0.4, 0.5) is 4.79 Å². The van der Waals surface area contributed by atoms with Crippen LogP contribution in [0.15, 0.2) is 36.8 Å². The molecule has 1 saturated heterocycles. The van der Waals surface area contributed by atoms with Gasteiger partial charge in [-0.15, -0.1) is 0 Å². The van der Waals surface area contributed by atoms with Gasteiger partial charge in [0.15, 0.2) is 0 Å². The number of carbonyl (C=O) groups is 1. The molecule has 1 aliphatic rings. The van der Waals surface area contributed by atoms with Crippen molar-refractivity contribution >= 4 is 28.7 Å². The maximum Gasteiger partial charge on any atom is 0.410 e. The van der Waals surface area contributed by atoms with E-state index in [4.69, 9.17) is 16.3 Å². The Labute approximate surface area is 181 Å². The minimum atomic E-state index is -0.478. The van der Waals surface area contributed by atoms with Gasteiger partial charge >= 0.3 is 6.09 Å². The third kappa shape index (κ3) is 4.90. The van der Waals surface area contributed by atoms with Crippen molar-refractivity contribution in [1.29, 1.82) is 0 Å². The highest BCUT2D eigenvalue weighted by molar-refractivity contribution is 6.29. The second kappa shape index (κ2) is 8.22. The first-order chi connectivity index (χ1) is 14.3. The smallest absolute Gasteiger partial charge is 0.410 e. The highest BCUT2D eigenvalue weighted by atomic mass is 35.5. The van der Waals surface area contributed by atoms with E-state index in [-0.39, 0.29) is 6.09 Å². The first-order valence-electron chi connectivity index (χ1n) is 10.2. The molecule has 0 bridgehead atoms. The van der Waals surface area contributed by atoms with Crippen molar-refractivity contribution in [3.05, 3.63) is 41.9 Å². The fraction of sp³-hybridized carbons (Fsp3) is 0.455. The lowest BCUT2D eigenvalue weighted by molar-refractivity contribution is 0.0155. The Kier molecular flexibility index (Phi) is 5.64. The van der Waals surface area contributed by atoms with E-state index >= 15 is 0 Å². The fourth-order valence-electron chi connectivity index (χ4n) is 3.72. The number of amides is 1. The van der Waals surface area contributed by atoms with Gasteiger partial charge in [-0.1, -0.05) is 11.6 Å². The molecule has 0 aromatic carbocycles. The van der Waals surface area contributed by atoms with E-state index in [1.54, 1.807) is 6.07 Å². The van der Waals surface area contributed by atoms with Crippen molar-refractivity contribution in [2.45, 2.75) is 45.8 Å². The average molecular weight is 428 g/mol. The van der Waals surface area contributed by atoms with E-state index in [1.165, 1.54) is 0 Å². The summed E-state index contributed by atoms with van der Waals surface area (Å²) in [5.74, 6) is 0.342. The summed E-state index contributed by atoms with van der Waals surface area (Å²) in [5, 5.41) is 4.97. The first-order valence-corrected chi connectivity index (χ1v) is 10.6. The number of hydrogen-bond donors (Lipinski definition) is 0. The van der Waals surface area contributed by atoms with Gasteiger partial charge in [-0.2, -0.15) is 5.10 Å². The molecule has 30 heavy (non-hydrogen) atoms. The van der Waals surface area contributed by atoms with Crippen LogP contribution in [0, 0.1) is 5.92 Å². The molecule has 0 spiro atoms. The van der Waals surface area contributed by atoms with Crippen LogP contribution in [-0.2, 0) is 11.3 Å². The van der Waals surface area contributed by atoms with Crippen molar-refractivity contribution in [2.24, 2.45) is 5.92 Å². The summed E-state index contributed by atoms with van der Waals surface area (Å²) in [5.41, 5.74) is 3.01. The molecule has 1 fully saturated rings. The second-order valence-electron chi connectivity index (χ2n) is 8.78. The van der Waals surface area contributed by atoms with Crippen LogP contribution in [0.2, 0.25) is 5.15 Å². The van der Waals surface area contributed by atoms with E-state index < -0.39 is 5.60 Å². The Morgan fingerprint density at radius 1 is 1.23 bits per heavy atom. The number of likely N-dealkylation sites (tertiary alicyclic amines) is 1. The zero-order valence-electron chi connectivity index (χ0n) is 17.5. The molecule has 3 aromatic heterocycles. The van der Waals surface area contributed by atoms with Gasteiger partial charge in [-0.25, -0.2) is 9.78 Å². The highest BCUT2D eigenvalue weighted by Crippen LogP contribution is 2.24. The van der Waals surface area contributed by atoms with Crippen molar-refractivity contribution in [2.75, 3.05) is 13.1 Å². The lowest BCUT2D eigenvalue weighted by atomic mass is 9.98. The van der Waals surface area contributed by atoms with E-state index in [2.05, 4.69) is 15.1 Å². The molecule has 1 amide bonds. The zero-order valence-corrected chi connectivity index (χ0v) is 18.3. The number of pyridine rings is 2. The molecule has 0 N–H and O–H groups in total. The molecule has 1 unspecified atom stereocenters. The average Bonchev–Trinajstić information content (AvgIpc) is 3.15. The van der Waals surface area contributed by atoms with Crippen molar-refractivity contribution < 1.29 is 9.53 Å². The quantitative estimate of drug-likeness (QED) is 0.561. The van der Waals surface area contributed by atoms with Gasteiger partial charge in [-0.3, -0.25) is 9.67 Å². The van der Waals surface area contributed by atoms with E-state index in [9.17, 15) is 4.79 Å². The van der Waals surface area contributed by atoms with Gasteiger partial charge in [0.2, 0.25) is 0 Å². The summed E-state index contributed by atoms with van der Waals surface area (Å²) < 4.78 is 7.46. The van der Waals surface area contributed by atoms with Crippen LogP contribution in [0.5, 0.6) is 0 Å². The maximum atomic E-state index is 12.4. The van der Waals surface area contributed by atoms with E-state index in [0.717, 1.165) is 48.1 Å². The number of nitrogens with zero attached hydrogens (tertiary/aromatic N) is 5. The van der Waals surface area contributed by atoms with Gasteiger partial charge in [0.05, 0.1) is 17.2 Å². The number of carbonyl (C=O) groups excluding carboxylic acids is 1. The summed E-state index contributed by atoms with van der Waals surface area (Å²) in [6.07, 6.45) is 7.47. The second-order valence-corrected chi connectivity index (χ2v) is 9.17. The van der Waals surface area contributed by atoms with Crippen molar-refractivity contribution in [1.82, 2.24) is 24.6 Å². The summed E-state index contributed by atoms with van der Waals surface area (Å²) in [7, 11) is 0. The Balaban J connectivity index is 1.44. The molecule has 4 heterocycles. The molecule has 4 rings (SSSR count). The molecule has 3 aromatic rings. The standard InChI is InChI=1S/C22H26ClN5O2/c1-22(2,3)30-21(29)27-8-4-5-15(12-27)13-28-14-17(11-25-28)16-9-19-18(24-10-16)6-7-20(23)26-19/h6-7,9-11,14-15H,4-5,8,12-13H2,1-3H3. The van der Waals surface area contributed by atoms with Gasteiger partial charge in [0.1, 0.15) is 10.8 Å². The normalized spacial score (nSPS) is 17.3. The maximum absolute atomic E-state index is 12.4. The fourth-order valence-corrected chi connectivity index (χ4v) is 3.88. The number of halogens is 1. The molecule has 0 aliphatic carbocycles. The molecular weight excluding hydrogens is 402 g/mol. The summed E-state index contributed by atoms with van der Waals surface area (Å²) in [6, 6.07) is 5.57. The number of aromatic nitrogens is 4. The van der Waals surface area contributed by atoms with Gasteiger partial charge in [0.25, 0.3) is 0 Å². The predicted octanol–water partition coefficient (Wildman–Crippen LogP) is 4.79. The zero-order chi connectivity index (χ0) is 21.3. The Bertz CT molecular complexity index is 1060. The lowest BCUT2D eigenvalue weighted by Gasteiger charge is -2.34. The topological polar surface area (TPSA) is 73.1 Å². The van der Waals surface area contributed by atoms with Crippen LogP contribution < -0.4 is 0 Å². The summed E-state index contributed by atoms with van der Waals surface area (Å²) >= 11 is 6.01. The molecule has 8 heteroatoms. The van der Waals surface area contributed by atoms with E-state index in [0.29, 0.717) is 17.6 Å². The number of hydrogen-bond acceptors (Lipinski definition) is 5. The molecular formula is C22H26ClN5O2. The van der Waals surface area contributed by atoms with Crippen molar-refractivity contribution in [3.63, 3.8) is 0 Å². The van der Waals surface area contributed by atoms with Crippen LogP contribution in [0.1, 0.15) is 33.6 Å². The van der Waals surface area contributed by atoms with Crippen LogP contribution in [0.25, 0.3) is 22.2 Å². The van der Waals surface area contributed by atoms with Crippen LogP contribution in [0.3, 0.4) is 0 Å². The largest absolute Gasteiger partial charge is 0.444 e. The summed E-state index contributed by atoms with van der Waals surface area (Å²) in [4.78, 5) is 23.0. The number of rotatable bonds is 3. The Morgan fingerprint density at radius 3 is 2.87 bits per heavy atom. The molecule has 7 nitrogen and oxygen atoms in total. The molecule has 0 saturated carbocycles. The third-order valence-electron chi connectivity index (χ3n) is 5.09. The van der Waals surface area contributed by atoms with Crippen LogP contribution >= 0.6 is 11.6 Å². The van der Waals surface area contributed by atoms with E-state index in [1.807, 2.05) is 61.1 Å². The number of piperidine rings is 1. The summed E-state index contributed by atoms with van der Waals surface area (Å²) in [6.45, 7) is 7.86. The molecule has 0 radical (unpaired) electrons. The molecule has 158 valence electrons. The molecule has 1 aliphatic heterocycles. The lowest BCUT2D eigenvalue weighted by Crippen LogP contribution is -2.43. The monoisotopic (exact) mass is 427 g/mol. The first kappa shape index (κ1) is 20.6. The minimum Gasteiger partial charge on any atom is -0.444 e. The Morgan fingerprint density at radius 2 is 2.07 bits per heavy atom. The molecule has 1 atom stereocenters. The van der Waals surface area contributed by atoms with Gasteiger partial charge < -0.3 is 9.64 Å². The van der Waals surface area contributed by atoms with Crippen LogP contribution in [-0.4, -0.2) is 49.4 Å². The van der Waals surface area contributed by atoms with Crippen molar-refractivity contribution in [3.8, 4) is 11.1 Å². The number of fused-ring (bicyclic) bond motifs is 1. The third-order valence-corrected chi connectivity index (χ3v) is 5.30. The SMILES string of the molecule is CC(C)(C)OC(=O)N1CCCC(Cn2cc(-c3cnc4ccc(Cl)nc4c3)cn2)C1. The Hall–Kier alpha value is -2.67.